The van der Waals surface area contributed by atoms with Crippen molar-refractivity contribution in [3.63, 3.8) is 0 Å². The van der Waals surface area contributed by atoms with Gasteiger partial charge in [0.1, 0.15) is 17.9 Å². The Morgan fingerprint density at radius 3 is 2.74 bits per heavy atom. The van der Waals surface area contributed by atoms with Crippen LogP contribution in [0.2, 0.25) is 0 Å². The molecule has 0 radical (unpaired) electrons. The van der Waals surface area contributed by atoms with Crippen molar-refractivity contribution in [2.45, 2.75) is 68.9 Å². The molecule has 0 spiro atoms. The number of aliphatic hydroxyl groups excluding tert-OH is 1. The van der Waals surface area contributed by atoms with Gasteiger partial charge in [0.15, 0.2) is 22.6 Å². The second-order valence-electron chi connectivity index (χ2n) is 7.19. The van der Waals surface area contributed by atoms with Gasteiger partial charge in [-0.3, -0.25) is 0 Å². The minimum Gasteiger partial charge on any atom is -0.394 e. The fourth-order valence-electron chi connectivity index (χ4n) is 3.45. The third-order valence-corrected chi connectivity index (χ3v) is 5.60. The minimum absolute atomic E-state index is 0.0381. The number of ether oxygens (including phenoxy) is 3. The van der Waals surface area contributed by atoms with Crippen LogP contribution in [-0.4, -0.2) is 64.2 Å². The van der Waals surface area contributed by atoms with Crippen molar-refractivity contribution < 1.29 is 19.3 Å². The zero-order valence-electron chi connectivity index (χ0n) is 16.0. The molecular formula is C17H29N5O4S. The van der Waals surface area contributed by atoms with Gasteiger partial charge in [-0.15, -0.1) is 0 Å². The number of nitrogens with two attached hydrogens (primary N) is 2. The Labute approximate surface area is 163 Å². The van der Waals surface area contributed by atoms with E-state index in [1.165, 1.54) is 0 Å². The van der Waals surface area contributed by atoms with Gasteiger partial charge in [0.05, 0.1) is 25.4 Å². The van der Waals surface area contributed by atoms with E-state index in [-0.39, 0.29) is 43.4 Å². The number of nitrogen functional groups attached to an aromatic ring is 2. The Morgan fingerprint density at radius 2 is 2.04 bits per heavy atom. The fourth-order valence-corrected chi connectivity index (χ4v) is 4.16. The smallest absolute Gasteiger partial charge is 0.191 e. The number of fused-ring (bicyclic) bond motifs is 1. The number of rotatable bonds is 8. The molecule has 6 N–H and O–H groups in total. The lowest BCUT2D eigenvalue weighted by Gasteiger charge is -2.24. The van der Waals surface area contributed by atoms with E-state index >= 15 is 0 Å². The maximum absolute atomic E-state index is 9.08. The number of nitrogens with zero attached hydrogens (tertiary/aromatic N) is 2. The summed E-state index contributed by atoms with van der Waals surface area (Å²) in [6.07, 6.45) is 1.03. The largest absolute Gasteiger partial charge is 0.394 e. The van der Waals surface area contributed by atoms with Crippen molar-refractivity contribution >= 4 is 29.1 Å². The van der Waals surface area contributed by atoms with Crippen LogP contribution in [0.25, 0.3) is 0 Å². The molecule has 9 nitrogen and oxygen atoms in total. The lowest BCUT2D eigenvalue weighted by molar-refractivity contribution is -0.167. The highest BCUT2D eigenvalue weighted by Crippen LogP contribution is 2.41. The maximum Gasteiger partial charge on any atom is 0.191 e. The Hall–Kier alpha value is -1.33. The second-order valence-corrected chi connectivity index (χ2v) is 8.25. The van der Waals surface area contributed by atoms with Crippen LogP contribution in [0.4, 0.5) is 17.3 Å². The summed E-state index contributed by atoms with van der Waals surface area (Å²) in [4.78, 5) is 8.78. The summed E-state index contributed by atoms with van der Waals surface area (Å²) in [5, 5.41) is 13.0. The Bertz CT molecular complexity index is 662. The second kappa shape index (κ2) is 8.36. The van der Waals surface area contributed by atoms with Crippen LogP contribution in [0.3, 0.4) is 0 Å². The van der Waals surface area contributed by atoms with Gasteiger partial charge in [-0.05, 0) is 26.7 Å². The number of thioether (sulfide) groups is 1. The summed E-state index contributed by atoms with van der Waals surface area (Å²) in [6, 6.07) is -0.110. The van der Waals surface area contributed by atoms with Gasteiger partial charge in [-0.25, -0.2) is 9.97 Å². The van der Waals surface area contributed by atoms with E-state index in [1.54, 1.807) is 11.8 Å². The fraction of sp³-hybridized carbons (Fsp3) is 0.765. The molecule has 10 heteroatoms. The van der Waals surface area contributed by atoms with E-state index < -0.39 is 5.79 Å². The average Bonchev–Trinajstić information content (AvgIpc) is 3.09. The molecule has 2 aliphatic rings. The predicted molar refractivity (Wildman–Crippen MR) is 105 cm³/mol. The van der Waals surface area contributed by atoms with Gasteiger partial charge in [-0.1, -0.05) is 18.7 Å². The van der Waals surface area contributed by atoms with Gasteiger partial charge in [0, 0.05) is 5.75 Å². The minimum atomic E-state index is -0.700. The molecule has 1 saturated heterocycles. The van der Waals surface area contributed by atoms with Crippen molar-refractivity contribution in [3.05, 3.63) is 0 Å². The van der Waals surface area contributed by atoms with Gasteiger partial charge >= 0.3 is 0 Å². The summed E-state index contributed by atoms with van der Waals surface area (Å²) in [5.74, 6) is 0.965. The number of nitrogens with one attached hydrogen (secondary N) is 1. The summed E-state index contributed by atoms with van der Waals surface area (Å²) in [6.45, 7) is 6.07. The number of hydrogen-bond acceptors (Lipinski definition) is 10. The number of hydrogen-bond donors (Lipinski definition) is 4. The first kappa shape index (κ1) is 20.4. The van der Waals surface area contributed by atoms with E-state index in [2.05, 4.69) is 22.2 Å². The van der Waals surface area contributed by atoms with E-state index in [0.717, 1.165) is 12.2 Å². The van der Waals surface area contributed by atoms with Crippen molar-refractivity contribution in [3.8, 4) is 0 Å². The number of aromatic nitrogens is 2. The number of anilines is 3. The monoisotopic (exact) mass is 399 g/mol. The molecule has 1 saturated carbocycles. The molecule has 4 atom stereocenters. The normalized spacial score (nSPS) is 29.0. The third kappa shape index (κ3) is 4.57. The summed E-state index contributed by atoms with van der Waals surface area (Å²) >= 11 is 1.54. The van der Waals surface area contributed by atoms with Crippen LogP contribution in [0.1, 0.15) is 33.6 Å². The first-order chi connectivity index (χ1) is 12.8. The van der Waals surface area contributed by atoms with E-state index in [1.807, 2.05) is 13.8 Å². The number of aliphatic hydroxyl groups is 1. The van der Waals surface area contributed by atoms with Crippen molar-refractivity contribution in [1.82, 2.24) is 9.97 Å². The predicted octanol–water partition coefficient (Wildman–Crippen LogP) is 1.22. The van der Waals surface area contributed by atoms with Crippen molar-refractivity contribution in [2.24, 2.45) is 0 Å². The first-order valence-corrected chi connectivity index (χ1v) is 10.2. The van der Waals surface area contributed by atoms with Crippen LogP contribution in [-0.2, 0) is 14.2 Å². The molecule has 2 heterocycles. The lowest BCUT2D eigenvalue weighted by Crippen LogP contribution is -2.35. The molecule has 1 aliphatic heterocycles. The zero-order valence-corrected chi connectivity index (χ0v) is 16.8. The lowest BCUT2D eigenvalue weighted by atomic mass is 10.2. The average molecular weight is 400 g/mol. The standard InChI is InChI=1S/C17H29N5O4S/c1-4-7-27-16-21-14(19)11(18)15(22-16)20-9-8-10(24-6-5-23)13-12(9)25-17(2,3)26-13/h9-10,12-13,23H,4-8,18H2,1-3H3,(H3,19,20,21,22)/t9-,10+,12+,13-/m1/s1. The molecule has 1 aromatic rings. The molecule has 0 bridgehead atoms. The molecule has 1 aromatic heterocycles. The Kier molecular flexibility index (Phi) is 6.32. The van der Waals surface area contributed by atoms with E-state index in [9.17, 15) is 0 Å². The highest BCUT2D eigenvalue weighted by molar-refractivity contribution is 7.99. The molecule has 0 unspecified atom stereocenters. The summed E-state index contributed by atoms with van der Waals surface area (Å²) in [5.41, 5.74) is 12.4. The topological polar surface area (TPSA) is 138 Å². The molecule has 152 valence electrons. The molecule has 27 heavy (non-hydrogen) atoms. The highest BCUT2D eigenvalue weighted by Gasteiger charge is 2.54. The molecule has 1 aliphatic carbocycles. The Balaban J connectivity index is 1.79. The van der Waals surface area contributed by atoms with Crippen LogP contribution in [0.5, 0.6) is 0 Å². The molecule has 2 fully saturated rings. The van der Waals surface area contributed by atoms with Crippen molar-refractivity contribution in [1.29, 1.82) is 0 Å². The summed E-state index contributed by atoms with van der Waals surface area (Å²) in [7, 11) is 0. The molecule has 3 rings (SSSR count). The third-order valence-electron chi connectivity index (χ3n) is 4.55. The quantitative estimate of drug-likeness (QED) is 0.373. The van der Waals surface area contributed by atoms with Crippen LogP contribution in [0, 0.1) is 0 Å². The van der Waals surface area contributed by atoms with Crippen LogP contribution < -0.4 is 16.8 Å². The van der Waals surface area contributed by atoms with E-state index in [0.29, 0.717) is 23.1 Å². The van der Waals surface area contributed by atoms with Crippen LogP contribution in [0.15, 0.2) is 5.16 Å². The van der Waals surface area contributed by atoms with Gasteiger partial charge in [0.25, 0.3) is 0 Å². The van der Waals surface area contributed by atoms with Crippen LogP contribution >= 0.6 is 11.8 Å². The van der Waals surface area contributed by atoms with E-state index in [4.69, 9.17) is 30.8 Å². The van der Waals surface area contributed by atoms with Gasteiger partial charge in [0.2, 0.25) is 0 Å². The SMILES string of the molecule is CCCSc1nc(N)c(N)c(N[C@@H]2C[C@H](OCCO)[C@H]3OC(C)(C)O[C@H]32)n1. The highest BCUT2D eigenvalue weighted by atomic mass is 32.2. The van der Waals surface area contributed by atoms with Crippen molar-refractivity contribution in [2.75, 3.05) is 35.8 Å². The zero-order chi connectivity index (χ0) is 19.6. The Morgan fingerprint density at radius 1 is 1.30 bits per heavy atom. The van der Waals surface area contributed by atoms with Gasteiger partial charge < -0.3 is 36.1 Å². The molecule has 0 aromatic carbocycles. The molecule has 0 amide bonds. The molecular weight excluding hydrogens is 370 g/mol. The first-order valence-electron chi connectivity index (χ1n) is 9.25. The van der Waals surface area contributed by atoms with Gasteiger partial charge in [-0.2, -0.15) is 0 Å². The maximum atomic E-state index is 9.08. The summed E-state index contributed by atoms with van der Waals surface area (Å²) < 4.78 is 17.9.